The van der Waals surface area contributed by atoms with Gasteiger partial charge in [0.25, 0.3) is 0 Å². The fraction of sp³-hybridized carbons (Fsp3) is 0.588. The lowest BCUT2D eigenvalue weighted by Crippen LogP contribution is -2.55. The Morgan fingerprint density at radius 3 is 2.18 bits per heavy atom. The molecule has 1 aromatic carbocycles. The van der Waals surface area contributed by atoms with Crippen LogP contribution in [0, 0.1) is 5.82 Å². The third-order valence-electron chi connectivity index (χ3n) is 5.30. The molecule has 3 N–H and O–H groups in total. The second-order valence-electron chi connectivity index (χ2n) is 6.69. The molecule has 0 atom stereocenters. The van der Waals surface area contributed by atoms with E-state index in [1.807, 2.05) is 12.1 Å². The molecule has 0 bridgehead atoms. The van der Waals surface area contributed by atoms with Crippen molar-refractivity contribution < 1.29 is 9.18 Å². The van der Waals surface area contributed by atoms with Gasteiger partial charge >= 0.3 is 0 Å². The van der Waals surface area contributed by atoms with Crippen LogP contribution in [-0.4, -0.2) is 18.0 Å². The lowest BCUT2D eigenvalue weighted by molar-refractivity contribution is -0.126. The van der Waals surface area contributed by atoms with Crippen molar-refractivity contribution in [2.24, 2.45) is 5.73 Å². The Hall–Kier alpha value is -1.13. The lowest BCUT2D eigenvalue weighted by atomic mass is 9.64. The Balaban J connectivity index is 0.00000176. The molecule has 1 amide bonds. The van der Waals surface area contributed by atoms with Crippen LogP contribution in [0.5, 0.6) is 0 Å². The molecule has 0 spiro atoms. The van der Waals surface area contributed by atoms with E-state index in [2.05, 4.69) is 5.32 Å². The smallest absolute Gasteiger partial charge is 0.240 e. The maximum atomic E-state index is 13.1. The zero-order valence-corrected chi connectivity index (χ0v) is 13.6. The molecule has 2 fully saturated rings. The number of nitrogens with two attached hydrogens (primary N) is 1. The third-order valence-corrected chi connectivity index (χ3v) is 5.30. The highest BCUT2D eigenvalue weighted by molar-refractivity contribution is 5.86. The van der Waals surface area contributed by atoms with E-state index in [0.29, 0.717) is 6.54 Å². The van der Waals surface area contributed by atoms with Crippen molar-refractivity contribution in [1.29, 1.82) is 0 Å². The summed E-state index contributed by atoms with van der Waals surface area (Å²) >= 11 is 0. The summed E-state index contributed by atoms with van der Waals surface area (Å²) in [6.07, 6.45) is 6.86. The highest BCUT2D eigenvalue weighted by Gasteiger charge is 2.42. The highest BCUT2D eigenvalue weighted by Crippen LogP contribution is 2.43. The summed E-state index contributed by atoms with van der Waals surface area (Å²) in [5.41, 5.74) is 6.60. The molecule has 0 heterocycles. The first-order valence-electron chi connectivity index (χ1n) is 7.87. The predicted octanol–water partition coefficient (Wildman–Crippen LogP) is 3.06. The second kappa shape index (κ2) is 6.55. The van der Waals surface area contributed by atoms with Gasteiger partial charge in [-0.25, -0.2) is 4.39 Å². The van der Waals surface area contributed by atoms with Gasteiger partial charge in [-0.05, 0) is 43.4 Å². The molecule has 5 heteroatoms. The van der Waals surface area contributed by atoms with Gasteiger partial charge in [0.15, 0.2) is 0 Å². The number of rotatable bonds is 4. The summed E-state index contributed by atoms with van der Waals surface area (Å²) in [6.45, 7) is 0.608. The Morgan fingerprint density at radius 1 is 1.09 bits per heavy atom. The van der Waals surface area contributed by atoms with Crippen molar-refractivity contribution in [2.75, 3.05) is 6.54 Å². The summed E-state index contributed by atoms with van der Waals surface area (Å²) in [7, 11) is 0. The Morgan fingerprint density at radius 2 is 1.68 bits per heavy atom. The van der Waals surface area contributed by atoms with Crippen molar-refractivity contribution >= 4 is 18.3 Å². The first-order valence-corrected chi connectivity index (χ1v) is 7.87. The molecule has 0 aliphatic heterocycles. The molecule has 2 aliphatic rings. The average molecular weight is 327 g/mol. The molecule has 1 aromatic rings. The van der Waals surface area contributed by atoms with Gasteiger partial charge in [0.05, 0.1) is 5.54 Å². The molecule has 122 valence electrons. The number of carbonyl (C=O) groups excluding carboxylic acids is 1. The number of halogens is 2. The summed E-state index contributed by atoms with van der Waals surface area (Å²) in [5.74, 6) is -0.238. The average Bonchev–Trinajstić information content (AvgIpc) is 2.87. The topological polar surface area (TPSA) is 55.1 Å². The van der Waals surface area contributed by atoms with Gasteiger partial charge in [-0.3, -0.25) is 4.79 Å². The molecule has 0 saturated heterocycles. The van der Waals surface area contributed by atoms with Crippen LogP contribution in [-0.2, 0) is 10.2 Å². The van der Waals surface area contributed by atoms with Gasteiger partial charge in [0.1, 0.15) is 5.82 Å². The molecule has 0 aromatic heterocycles. The number of hydrogen-bond acceptors (Lipinski definition) is 2. The van der Waals surface area contributed by atoms with E-state index in [9.17, 15) is 9.18 Å². The lowest BCUT2D eigenvalue weighted by Gasteiger charge is -2.43. The van der Waals surface area contributed by atoms with Crippen molar-refractivity contribution in [3.8, 4) is 0 Å². The Kier molecular flexibility index (Phi) is 5.13. The standard InChI is InChI=1S/C17H23FN2O.ClH/c18-14-6-4-13(5-7-14)16(8-3-9-16)12-20-15(21)17(19)10-1-2-11-17;/h4-7H,1-3,8-12,19H2,(H,20,21);1H. The maximum Gasteiger partial charge on any atom is 0.240 e. The van der Waals surface area contributed by atoms with E-state index in [1.165, 1.54) is 12.1 Å². The number of nitrogens with one attached hydrogen (secondary N) is 1. The number of hydrogen-bond donors (Lipinski definition) is 2. The van der Waals surface area contributed by atoms with Crippen LogP contribution in [0.25, 0.3) is 0 Å². The van der Waals surface area contributed by atoms with Crippen molar-refractivity contribution in [3.63, 3.8) is 0 Å². The zero-order valence-electron chi connectivity index (χ0n) is 12.7. The van der Waals surface area contributed by atoms with Gasteiger partial charge in [0, 0.05) is 12.0 Å². The molecule has 2 aliphatic carbocycles. The zero-order chi connectivity index (χ0) is 14.9. The predicted molar refractivity (Wildman–Crippen MR) is 87.6 cm³/mol. The van der Waals surface area contributed by atoms with Crippen molar-refractivity contribution in [1.82, 2.24) is 5.32 Å². The summed E-state index contributed by atoms with van der Waals surface area (Å²) in [4.78, 5) is 12.3. The normalized spacial score (nSPS) is 21.5. The molecule has 2 saturated carbocycles. The van der Waals surface area contributed by atoms with Crippen LogP contribution in [0.1, 0.15) is 50.5 Å². The number of carbonyl (C=O) groups is 1. The van der Waals surface area contributed by atoms with Crippen LogP contribution in [0.2, 0.25) is 0 Å². The molecule has 0 radical (unpaired) electrons. The first kappa shape index (κ1) is 17.2. The third kappa shape index (κ3) is 3.13. The van der Waals surface area contributed by atoms with Gasteiger partial charge < -0.3 is 11.1 Å². The quantitative estimate of drug-likeness (QED) is 0.893. The molecule has 3 rings (SSSR count). The fourth-order valence-electron chi connectivity index (χ4n) is 3.63. The fourth-order valence-corrected chi connectivity index (χ4v) is 3.63. The van der Waals surface area contributed by atoms with E-state index in [4.69, 9.17) is 5.73 Å². The SMILES string of the molecule is Cl.NC1(C(=O)NCC2(c3ccc(F)cc3)CCC2)CCCC1. The monoisotopic (exact) mass is 326 g/mol. The van der Waals surface area contributed by atoms with Crippen molar-refractivity contribution in [2.45, 2.75) is 55.9 Å². The summed E-state index contributed by atoms with van der Waals surface area (Å²) < 4.78 is 13.1. The van der Waals surface area contributed by atoms with Gasteiger partial charge in [-0.15, -0.1) is 12.4 Å². The minimum atomic E-state index is -0.673. The van der Waals surface area contributed by atoms with Crippen LogP contribution in [0.3, 0.4) is 0 Å². The van der Waals surface area contributed by atoms with E-state index in [0.717, 1.165) is 50.5 Å². The first-order chi connectivity index (χ1) is 10.0. The molecule has 3 nitrogen and oxygen atoms in total. The number of amides is 1. The maximum absolute atomic E-state index is 13.1. The van der Waals surface area contributed by atoms with Crippen LogP contribution < -0.4 is 11.1 Å². The van der Waals surface area contributed by atoms with Crippen molar-refractivity contribution in [3.05, 3.63) is 35.6 Å². The van der Waals surface area contributed by atoms with E-state index in [1.54, 1.807) is 0 Å². The van der Waals surface area contributed by atoms with Crippen LogP contribution >= 0.6 is 12.4 Å². The Bertz CT molecular complexity index is 522. The minimum Gasteiger partial charge on any atom is -0.354 e. The van der Waals surface area contributed by atoms with Gasteiger partial charge in [-0.1, -0.05) is 31.4 Å². The van der Waals surface area contributed by atoms with E-state index in [-0.39, 0.29) is 29.5 Å². The molecule has 0 unspecified atom stereocenters. The largest absolute Gasteiger partial charge is 0.354 e. The van der Waals surface area contributed by atoms with E-state index < -0.39 is 5.54 Å². The summed E-state index contributed by atoms with van der Waals surface area (Å²) in [5, 5.41) is 3.06. The Labute approximate surface area is 137 Å². The van der Waals surface area contributed by atoms with Gasteiger partial charge in [-0.2, -0.15) is 0 Å². The molecular formula is C17H24ClFN2O. The van der Waals surface area contributed by atoms with Crippen LogP contribution in [0.4, 0.5) is 4.39 Å². The van der Waals surface area contributed by atoms with E-state index >= 15 is 0 Å². The highest BCUT2D eigenvalue weighted by atomic mass is 35.5. The minimum absolute atomic E-state index is 0. The van der Waals surface area contributed by atoms with Gasteiger partial charge in [0.2, 0.25) is 5.91 Å². The molecule has 22 heavy (non-hydrogen) atoms. The molecular weight excluding hydrogens is 303 g/mol. The number of benzene rings is 1. The summed E-state index contributed by atoms with van der Waals surface area (Å²) in [6, 6.07) is 6.68. The second-order valence-corrected chi connectivity index (χ2v) is 6.69. The van der Waals surface area contributed by atoms with Crippen LogP contribution in [0.15, 0.2) is 24.3 Å².